The van der Waals surface area contributed by atoms with E-state index in [1.807, 2.05) is 18.7 Å². The molecule has 0 aliphatic heterocycles. The second-order valence-corrected chi connectivity index (χ2v) is 5.33. The zero-order valence-corrected chi connectivity index (χ0v) is 12.5. The van der Waals surface area contributed by atoms with Gasteiger partial charge in [0.15, 0.2) is 0 Å². The lowest BCUT2D eigenvalue weighted by molar-refractivity contribution is 0.378. The molecule has 0 aliphatic carbocycles. The van der Waals surface area contributed by atoms with Crippen molar-refractivity contribution in [1.29, 1.82) is 0 Å². The van der Waals surface area contributed by atoms with Crippen LogP contribution in [0.2, 0.25) is 0 Å². The van der Waals surface area contributed by atoms with E-state index in [2.05, 4.69) is 23.4 Å². The highest BCUT2D eigenvalue weighted by Gasteiger charge is 1.99. The second kappa shape index (κ2) is 9.79. The highest BCUT2D eigenvalue weighted by atomic mass is 32.3. The molecule has 1 heterocycles. The topological polar surface area (TPSA) is 167 Å². The Morgan fingerprint density at radius 2 is 1.50 bits per heavy atom. The van der Waals surface area contributed by atoms with Gasteiger partial charge in [0.1, 0.15) is 0 Å². The third-order valence-corrected chi connectivity index (χ3v) is 1.74. The van der Waals surface area contributed by atoms with E-state index in [0.717, 1.165) is 0 Å². The summed E-state index contributed by atoms with van der Waals surface area (Å²) >= 11 is 0. The average molecular weight is 334 g/mol. The highest BCUT2D eigenvalue weighted by molar-refractivity contribution is 7.80. The number of aromatic nitrogens is 2. The number of nitrogens with zero attached hydrogens (tertiary/aromatic N) is 2. The van der Waals surface area contributed by atoms with Crippen molar-refractivity contribution in [2.75, 3.05) is 0 Å². The van der Waals surface area contributed by atoms with Gasteiger partial charge in [-0.15, -0.1) is 0 Å². The first-order chi connectivity index (χ1) is 8.84. The summed E-state index contributed by atoms with van der Waals surface area (Å²) in [6, 6.07) is 0.604. The van der Waals surface area contributed by atoms with Crippen LogP contribution in [0.15, 0.2) is 18.7 Å². The van der Waals surface area contributed by atoms with Gasteiger partial charge in [0.25, 0.3) is 0 Å². The zero-order chi connectivity index (χ0) is 16.4. The number of rotatable bonds is 3. The van der Waals surface area contributed by atoms with Crippen molar-refractivity contribution in [3.8, 4) is 0 Å². The predicted molar refractivity (Wildman–Crippen MR) is 70.2 cm³/mol. The van der Waals surface area contributed by atoms with Crippen LogP contribution in [0.4, 0.5) is 0 Å². The summed E-state index contributed by atoms with van der Waals surface area (Å²) < 4.78 is 65.3. The van der Waals surface area contributed by atoms with E-state index < -0.39 is 20.8 Å². The Kier molecular flexibility index (Phi) is 10.4. The van der Waals surface area contributed by atoms with Gasteiger partial charge in [-0.25, -0.2) is 4.98 Å². The van der Waals surface area contributed by atoms with Crippen LogP contribution in [0.25, 0.3) is 0 Å². The van der Waals surface area contributed by atoms with E-state index in [0.29, 0.717) is 6.04 Å². The van der Waals surface area contributed by atoms with Crippen LogP contribution in [0.1, 0.15) is 32.7 Å². The molecule has 20 heavy (non-hydrogen) atoms. The van der Waals surface area contributed by atoms with E-state index in [9.17, 15) is 0 Å². The van der Waals surface area contributed by atoms with Crippen LogP contribution in [-0.2, 0) is 20.8 Å². The molecular weight excluding hydrogens is 316 g/mol. The minimum Gasteiger partial charge on any atom is -0.335 e. The fourth-order valence-electron chi connectivity index (χ4n) is 1.10. The molecule has 1 rings (SSSR count). The summed E-state index contributed by atoms with van der Waals surface area (Å²) in [7, 11) is -9.33. The molecule has 0 saturated heterocycles. The van der Waals surface area contributed by atoms with Gasteiger partial charge < -0.3 is 4.57 Å². The third-order valence-electron chi connectivity index (χ3n) is 1.74. The molecule has 1 aromatic heterocycles. The average Bonchev–Trinajstić information content (AvgIpc) is 2.64. The summed E-state index contributed by atoms with van der Waals surface area (Å²) in [6.45, 7) is 4.42. The minimum atomic E-state index is -4.67. The molecule has 1 atom stereocenters. The van der Waals surface area contributed by atoms with Crippen molar-refractivity contribution in [1.82, 2.24) is 9.55 Å². The Labute approximate surface area is 117 Å². The van der Waals surface area contributed by atoms with Crippen molar-refractivity contribution < 1.29 is 35.0 Å². The Balaban J connectivity index is 0. The number of imidazole rings is 1. The standard InChI is InChI=1S/C8H14N2.2H2O4S/c1-3-4-8(2)10-6-5-9-7-10;2*1-5(2,3)4/h5-8H,3-4H2,1-2H3;2*(H2,1,2,3,4). The van der Waals surface area contributed by atoms with Gasteiger partial charge in [0.05, 0.1) is 6.33 Å². The summed E-state index contributed by atoms with van der Waals surface area (Å²) in [4.78, 5) is 3.99. The molecule has 0 fully saturated rings. The Morgan fingerprint density at radius 3 is 1.75 bits per heavy atom. The van der Waals surface area contributed by atoms with E-state index in [4.69, 9.17) is 35.0 Å². The van der Waals surface area contributed by atoms with Gasteiger partial charge >= 0.3 is 20.8 Å². The quantitative estimate of drug-likeness (QED) is 0.588. The highest BCUT2D eigenvalue weighted by Crippen LogP contribution is 2.10. The molecule has 12 heteroatoms. The van der Waals surface area contributed by atoms with Crippen LogP contribution < -0.4 is 0 Å². The Bertz CT molecular complexity index is 491. The molecule has 4 N–H and O–H groups in total. The molecule has 0 saturated carbocycles. The van der Waals surface area contributed by atoms with Crippen LogP contribution in [0.3, 0.4) is 0 Å². The smallest absolute Gasteiger partial charge is 0.335 e. The second-order valence-electron chi connectivity index (χ2n) is 3.54. The van der Waals surface area contributed by atoms with Crippen LogP contribution in [-0.4, -0.2) is 44.6 Å². The van der Waals surface area contributed by atoms with Gasteiger partial charge in [-0.1, -0.05) is 13.3 Å². The normalized spacial score (nSPS) is 12.5. The molecule has 0 aliphatic rings. The molecule has 1 unspecified atom stereocenters. The molecule has 1 aromatic rings. The Hall–Kier alpha value is -1.05. The van der Waals surface area contributed by atoms with Gasteiger partial charge in [0, 0.05) is 18.4 Å². The number of hydrogen-bond donors (Lipinski definition) is 4. The van der Waals surface area contributed by atoms with Crippen molar-refractivity contribution >= 4 is 20.8 Å². The molecule has 0 amide bonds. The first-order valence-electron chi connectivity index (χ1n) is 5.21. The van der Waals surface area contributed by atoms with Crippen molar-refractivity contribution in [3.05, 3.63) is 18.7 Å². The lowest BCUT2D eigenvalue weighted by atomic mass is 10.2. The summed E-state index contributed by atoms with van der Waals surface area (Å²) in [5, 5.41) is 0. The van der Waals surface area contributed by atoms with E-state index in [-0.39, 0.29) is 0 Å². The van der Waals surface area contributed by atoms with Crippen LogP contribution >= 0.6 is 0 Å². The Morgan fingerprint density at radius 1 is 1.10 bits per heavy atom. The molecule has 0 bridgehead atoms. The summed E-state index contributed by atoms with van der Waals surface area (Å²) in [6.07, 6.45) is 8.18. The summed E-state index contributed by atoms with van der Waals surface area (Å²) in [5.74, 6) is 0. The lowest BCUT2D eigenvalue weighted by Gasteiger charge is -2.10. The zero-order valence-electron chi connectivity index (χ0n) is 10.9. The van der Waals surface area contributed by atoms with Gasteiger partial charge in [-0.3, -0.25) is 18.2 Å². The molecule has 0 spiro atoms. The minimum absolute atomic E-state index is 0.604. The SMILES string of the molecule is CCCC(C)n1ccnc1.O=S(=O)(O)O.O=S(=O)(O)O. The monoisotopic (exact) mass is 334 g/mol. The maximum atomic E-state index is 8.74. The molecule has 0 radical (unpaired) electrons. The molecule has 0 aromatic carbocycles. The van der Waals surface area contributed by atoms with Crippen LogP contribution in [0, 0.1) is 0 Å². The van der Waals surface area contributed by atoms with Crippen molar-refractivity contribution in [2.45, 2.75) is 32.7 Å². The summed E-state index contributed by atoms with van der Waals surface area (Å²) in [5.41, 5.74) is 0. The molecular formula is C8H18N2O8S2. The van der Waals surface area contributed by atoms with Crippen molar-refractivity contribution in [3.63, 3.8) is 0 Å². The van der Waals surface area contributed by atoms with Gasteiger partial charge in [0.2, 0.25) is 0 Å². The van der Waals surface area contributed by atoms with E-state index >= 15 is 0 Å². The van der Waals surface area contributed by atoms with Crippen LogP contribution in [0.5, 0.6) is 0 Å². The number of hydrogen-bond acceptors (Lipinski definition) is 5. The first kappa shape index (κ1) is 21.3. The maximum absolute atomic E-state index is 8.74. The third kappa shape index (κ3) is 25.7. The van der Waals surface area contributed by atoms with E-state index in [1.54, 1.807) is 0 Å². The first-order valence-corrected chi connectivity index (χ1v) is 8.01. The fraction of sp³-hybridized carbons (Fsp3) is 0.625. The van der Waals surface area contributed by atoms with Gasteiger partial charge in [-0.05, 0) is 13.3 Å². The molecule has 120 valence electrons. The predicted octanol–water partition coefficient (Wildman–Crippen LogP) is 0.939. The lowest BCUT2D eigenvalue weighted by Crippen LogP contribution is -2.00. The van der Waals surface area contributed by atoms with E-state index in [1.165, 1.54) is 12.8 Å². The van der Waals surface area contributed by atoms with Crippen molar-refractivity contribution in [2.24, 2.45) is 0 Å². The van der Waals surface area contributed by atoms with Gasteiger partial charge in [-0.2, -0.15) is 16.8 Å². The molecule has 10 nitrogen and oxygen atoms in total. The fourth-order valence-corrected chi connectivity index (χ4v) is 1.10. The maximum Gasteiger partial charge on any atom is 0.394 e. The largest absolute Gasteiger partial charge is 0.394 e.